The van der Waals surface area contributed by atoms with E-state index < -0.39 is 18.0 Å². The van der Waals surface area contributed by atoms with E-state index >= 15 is 0 Å². The van der Waals surface area contributed by atoms with Crippen LogP contribution in [0.2, 0.25) is 0 Å². The zero-order chi connectivity index (χ0) is 21.8. The van der Waals surface area contributed by atoms with Crippen LogP contribution in [0.15, 0.2) is 24.3 Å². The molecule has 0 unspecified atom stereocenters. The lowest BCUT2D eigenvalue weighted by Crippen LogP contribution is -2.35. The molecule has 2 fully saturated rings. The van der Waals surface area contributed by atoms with Crippen molar-refractivity contribution in [1.29, 1.82) is 0 Å². The Morgan fingerprint density at radius 3 is 2.20 bits per heavy atom. The first-order valence-corrected chi connectivity index (χ1v) is 10.4. The number of amides is 3. The van der Waals surface area contributed by atoms with E-state index in [9.17, 15) is 19.2 Å². The van der Waals surface area contributed by atoms with Crippen LogP contribution in [-0.4, -0.2) is 55.3 Å². The summed E-state index contributed by atoms with van der Waals surface area (Å²) in [6, 6.07) is 7.28. The fraction of sp³-hybridized carbons (Fsp3) is 0.545. The molecular weight excluding hydrogens is 386 g/mol. The molecule has 1 aromatic rings. The number of ether oxygens (including phenoxy) is 1. The van der Waals surface area contributed by atoms with Gasteiger partial charge in [-0.15, -0.1) is 0 Å². The van der Waals surface area contributed by atoms with Gasteiger partial charge in [-0.2, -0.15) is 0 Å². The van der Waals surface area contributed by atoms with Gasteiger partial charge >= 0.3 is 5.97 Å². The molecule has 0 aromatic heterocycles. The van der Waals surface area contributed by atoms with Crippen LogP contribution in [0.25, 0.3) is 0 Å². The van der Waals surface area contributed by atoms with E-state index in [2.05, 4.69) is 5.32 Å². The van der Waals surface area contributed by atoms with Gasteiger partial charge in [-0.1, -0.05) is 12.8 Å². The smallest absolute Gasteiger partial charge is 0.308 e. The first kappa shape index (κ1) is 21.8. The summed E-state index contributed by atoms with van der Waals surface area (Å²) >= 11 is 0. The Morgan fingerprint density at radius 1 is 1.10 bits per heavy atom. The van der Waals surface area contributed by atoms with Gasteiger partial charge in [0.25, 0.3) is 5.91 Å². The van der Waals surface area contributed by atoms with Gasteiger partial charge in [0, 0.05) is 32.0 Å². The van der Waals surface area contributed by atoms with Crippen molar-refractivity contribution in [2.75, 3.05) is 30.9 Å². The molecule has 0 spiro atoms. The molecular formula is C22H29N3O5. The number of carbonyl (C=O) groups is 4. The number of carbonyl (C=O) groups excluding carboxylic acids is 4. The summed E-state index contributed by atoms with van der Waals surface area (Å²) < 4.78 is 5.19. The molecule has 3 amide bonds. The van der Waals surface area contributed by atoms with E-state index in [-0.39, 0.29) is 36.6 Å². The van der Waals surface area contributed by atoms with Crippen molar-refractivity contribution in [2.45, 2.75) is 45.1 Å². The lowest BCUT2D eigenvalue weighted by Gasteiger charge is -2.19. The Bertz CT molecular complexity index is 797. The Kier molecular flexibility index (Phi) is 6.74. The monoisotopic (exact) mass is 415 g/mol. The maximum atomic E-state index is 12.4. The van der Waals surface area contributed by atoms with Crippen molar-refractivity contribution in [1.82, 2.24) is 4.90 Å². The molecule has 3 atom stereocenters. The average Bonchev–Trinajstić information content (AvgIpc) is 2.97. The van der Waals surface area contributed by atoms with Crippen molar-refractivity contribution < 1.29 is 23.9 Å². The molecule has 30 heavy (non-hydrogen) atoms. The highest BCUT2D eigenvalue weighted by Gasteiger charge is 2.47. The second kappa shape index (κ2) is 9.28. The lowest BCUT2D eigenvalue weighted by atomic mass is 9.81. The molecule has 1 N–H and O–H groups in total. The Balaban J connectivity index is 1.46. The zero-order valence-corrected chi connectivity index (χ0v) is 17.7. The summed E-state index contributed by atoms with van der Waals surface area (Å²) in [5, 5.41) is 2.70. The van der Waals surface area contributed by atoms with Crippen LogP contribution in [0.3, 0.4) is 0 Å². The molecule has 1 aliphatic heterocycles. The molecule has 1 aliphatic carbocycles. The van der Waals surface area contributed by atoms with Crippen LogP contribution in [0.1, 0.15) is 39.0 Å². The van der Waals surface area contributed by atoms with Crippen LogP contribution >= 0.6 is 0 Å². The maximum Gasteiger partial charge on any atom is 0.308 e. The number of imide groups is 1. The molecule has 1 saturated carbocycles. The van der Waals surface area contributed by atoms with Gasteiger partial charge in [-0.3, -0.25) is 24.1 Å². The minimum absolute atomic E-state index is 0.00381. The Labute approximate surface area is 176 Å². The number of hydrogen-bond acceptors (Lipinski definition) is 6. The normalized spacial score (nSPS) is 21.8. The predicted octanol–water partition coefficient (Wildman–Crippen LogP) is 2.19. The molecule has 8 nitrogen and oxygen atoms in total. The minimum atomic E-state index is -0.987. The fourth-order valence-electron chi connectivity index (χ4n) is 4.05. The molecule has 0 radical (unpaired) electrons. The maximum absolute atomic E-state index is 12.4. The van der Waals surface area contributed by atoms with Gasteiger partial charge < -0.3 is 15.0 Å². The summed E-state index contributed by atoms with van der Waals surface area (Å²) in [5.74, 6) is -1.87. The van der Waals surface area contributed by atoms with Gasteiger partial charge in [0.1, 0.15) is 0 Å². The lowest BCUT2D eigenvalue weighted by molar-refractivity contribution is -0.154. The third kappa shape index (κ3) is 4.80. The summed E-state index contributed by atoms with van der Waals surface area (Å²) in [5.41, 5.74) is 1.60. The van der Waals surface area contributed by atoms with Crippen molar-refractivity contribution in [3.8, 4) is 0 Å². The molecule has 8 heteroatoms. The number of likely N-dealkylation sites (tertiary alicyclic amines) is 1. The number of benzene rings is 1. The third-order valence-corrected chi connectivity index (χ3v) is 5.80. The zero-order valence-electron chi connectivity index (χ0n) is 17.7. The fourth-order valence-corrected chi connectivity index (χ4v) is 4.05. The average molecular weight is 415 g/mol. The number of rotatable bonds is 7. The first-order valence-electron chi connectivity index (χ1n) is 10.4. The molecule has 2 aliphatic rings. The van der Waals surface area contributed by atoms with Crippen molar-refractivity contribution >= 4 is 35.1 Å². The summed E-state index contributed by atoms with van der Waals surface area (Å²) in [6.07, 6.45) is 2.29. The molecule has 1 saturated heterocycles. The minimum Gasteiger partial charge on any atom is -0.452 e. The standard InChI is InChI=1S/C22H29N3O5/c1-14(20(27)23-15-8-10-16(11-9-15)24(2)3)30-19(26)12-13-25-21(28)17-6-4-5-7-18(17)22(25)29/h8-11,14,17-18H,4-7,12-13H2,1-3H3,(H,23,27)/t14-,17+,18+/m0/s1. The van der Waals surface area contributed by atoms with Crippen LogP contribution in [0, 0.1) is 11.8 Å². The highest BCUT2D eigenvalue weighted by Crippen LogP contribution is 2.38. The number of nitrogens with zero attached hydrogens (tertiary/aromatic N) is 2. The van der Waals surface area contributed by atoms with Gasteiger partial charge in [0.05, 0.1) is 18.3 Å². The molecule has 1 aromatic carbocycles. The van der Waals surface area contributed by atoms with E-state index in [0.29, 0.717) is 5.69 Å². The van der Waals surface area contributed by atoms with Crippen LogP contribution < -0.4 is 10.2 Å². The summed E-state index contributed by atoms with van der Waals surface area (Å²) in [6.45, 7) is 1.49. The quantitative estimate of drug-likeness (QED) is 0.542. The second-order valence-corrected chi connectivity index (χ2v) is 8.14. The largest absolute Gasteiger partial charge is 0.452 e. The number of nitrogens with one attached hydrogen (secondary N) is 1. The molecule has 3 rings (SSSR count). The van der Waals surface area contributed by atoms with E-state index in [1.54, 1.807) is 12.1 Å². The SMILES string of the molecule is C[C@H](OC(=O)CCN1C(=O)[C@@H]2CCCC[C@H]2C1=O)C(=O)Nc1ccc(N(C)C)cc1. The van der Waals surface area contributed by atoms with Crippen molar-refractivity contribution in [3.63, 3.8) is 0 Å². The van der Waals surface area contributed by atoms with E-state index in [1.165, 1.54) is 11.8 Å². The number of anilines is 2. The van der Waals surface area contributed by atoms with Gasteiger partial charge in [-0.05, 0) is 44.0 Å². The Morgan fingerprint density at radius 2 is 1.67 bits per heavy atom. The van der Waals surface area contributed by atoms with E-state index in [4.69, 9.17) is 4.74 Å². The predicted molar refractivity (Wildman–Crippen MR) is 112 cm³/mol. The van der Waals surface area contributed by atoms with Crippen molar-refractivity contribution in [3.05, 3.63) is 24.3 Å². The first-order chi connectivity index (χ1) is 14.3. The van der Waals surface area contributed by atoms with Crippen LogP contribution in [0.5, 0.6) is 0 Å². The highest BCUT2D eigenvalue weighted by molar-refractivity contribution is 6.05. The van der Waals surface area contributed by atoms with Crippen LogP contribution in [0.4, 0.5) is 11.4 Å². The van der Waals surface area contributed by atoms with Gasteiger partial charge in [-0.25, -0.2) is 0 Å². The van der Waals surface area contributed by atoms with E-state index in [1.807, 2.05) is 31.1 Å². The Hall–Kier alpha value is -2.90. The number of esters is 1. The third-order valence-electron chi connectivity index (χ3n) is 5.80. The van der Waals surface area contributed by atoms with Gasteiger partial charge in [0.2, 0.25) is 11.8 Å². The number of hydrogen-bond donors (Lipinski definition) is 1. The van der Waals surface area contributed by atoms with Crippen LogP contribution in [-0.2, 0) is 23.9 Å². The molecule has 1 heterocycles. The number of fused-ring (bicyclic) bond motifs is 1. The highest BCUT2D eigenvalue weighted by atomic mass is 16.5. The topological polar surface area (TPSA) is 96.0 Å². The second-order valence-electron chi connectivity index (χ2n) is 8.14. The summed E-state index contributed by atoms with van der Waals surface area (Å²) in [4.78, 5) is 52.5. The summed E-state index contributed by atoms with van der Waals surface area (Å²) in [7, 11) is 3.85. The van der Waals surface area contributed by atoms with Gasteiger partial charge in [0.15, 0.2) is 6.10 Å². The molecule has 0 bridgehead atoms. The van der Waals surface area contributed by atoms with Crippen molar-refractivity contribution in [2.24, 2.45) is 11.8 Å². The molecule has 162 valence electrons. The van der Waals surface area contributed by atoms with E-state index in [0.717, 1.165) is 31.4 Å².